The Balaban J connectivity index is 1.73. The van der Waals surface area contributed by atoms with Crippen LogP contribution in [0.5, 0.6) is 5.75 Å². The Labute approximate surface area is 122 Å². The summed E-state index contributed by atoms with van der Waals surface area (Å²) in [4.78, 5) is 11.9. The normalized spacial score (nSPS) is 17.3. The van der Waals surface area contributed by atoms with Gasteiger partial charge in [0.2, 0.25) is 0 Å². The van der Waals surface area contributed by atoms with Crippen LogP contribution in [0.25, 0.3) is 11.0 Å². The molecule has 0 unspecified atom stereocenters. The van der Waals surface area contributed by atoms with Gasteiger partial charge in [0.05, 0.1) is 18.0 Å². The summed E-state index contributed by atoms with van der Waals surface area (Å²) in [5.74, 6) is 1.82. The van der Waals surface area contributed by atoms with Crippen molar-refractivity contribution in [3.8, 4) is 5.75 Å². The molecule has 0 amide bonds. The van der Waals surface area contributed by atoms with E-state index in [1.165, 1.54) is 5.56 Å². The molecule has 0 aliphatic carbocycles. The monoisotopic (exact) mass is 280 g/mol. The summed E-state index contributed by atoms with van der Waals surface area (Å²) >= 11 is 0. The molecule has 21 heavy (non-hydrogen) atoms. The van der Waals surface area contributed by atoms with Gasteiger partial charge in [0.1, 0.15) is 23.5 Å². The van der Waals surface area contributed by atoms with E-state index in [-0.39, 0.29) is 6.04 Å². The number of H-pyrrole nitrogens is 1. The summed E-state index contributed by atoms with van der Waals surface area (Å²) in [5.41, 5.74) is 3.13. The van der Waals surface area contributed by atoms with Crippen molar-refractivity contribution in [3.05, 3.63) is 47.9 Å². The fraction of sp³-hybridized carbons (Fsp3) is 0.250. The second kappa shape index (κ2) is 4.77. The van der Waals surface area contributed by atoms with Crippen molar-refractivity contribution in [2.75, 3.05) is 11.9 Å². The average molecular weight is 280 g/mol. The lowest BCUT2D eigenvalue weighted by molar-refractivity contribution is 0.274. The Morgan fingerprint density at radius 3 is 3.14 bits per heavy atom. The molecule has 3 heterocycles. The first kappa shape index (κ1) is 12.2. The maximum absolute atomic E-state index is 5.70. The van der Waals surface area contributed by atoms with Gasteiger partial charge in [-0.2, -0.15) is 0 Å². The molecule has 5 heteroatoms. The van der Waals surface area contributed by atoms with Crippen LogP contribution < -0.4 is 10.1 Å². The van der Waals surface area contributed by atoms with E-state index < -0.39 is 0 Å². The zero-order chi connectivity index (χ0) is 14.2. The molecule has 0 radical (unpaired) electrons. The third kappa shape index (κ3) is 2.11. The van der Waals surface area contributed by atoms with Crippen LogP contribution in [0.2, 0.25) is 0 Å². The van der Waals surface area contributed by atoms with Gasteiger partial charge >= 0.3 is 0 Å². The Kier molecular flexibility index (Phi) is 2.77. The third-order valence-corrected chi connectivity index (χ3v) is 3.83. The Hall–Kier alpha value is -2.56. The van der Waals surface area contributed by atoms with E-state index in [1.54, 1.807) is 6.33 Å². The molecule has 5 nitrogen and oxygen atoms in total. The van der Waals surface area contributed by atoms with Gasteiger partial charge in [-0.25, -0.2) is 9.97 Å². The van der Waals surface area contributed by atoms with Gasteiger partial charge in [0.15, 0.2) is 0 Å². The van der Waals surface area contributed by atoms with E-state index in [0.29, 0.717) is 0 Å². The SMILES string of the molecule is Cc1cc2c(N[C@@H]3CCOc4ccccc43)ncnc2[nH]1. The summed E-state index contributed by atoms with van der Waals surface area (Å²) in [6.45, 7) is 2.74. The van der Waals surface area contributed by atoms with Crippen molar-refractivity contribution in [1.29, 1.82) is 0 Å². The van der Waals surface area contributed by atoms with E-state index in [4.69, 9.17) is 4.74 Å². The quantitative estimate of drug-likeness (QED) is 0.756. The number of aromatic amines is 1. The molecular weight excluding hydrogens is 264 g/mol. The lowest BCUT2D eigenvalue weighted by Gasteiger charge is -2.27. The number of hydrogen-bond acceptors (Lipinski definition) is 4. The van der Waals surface area contributed by atoms with Crippen LogP contribution in [0.4, 0.5) is 5.82 Å². The van der Waals surface area contributed by atoms with Crippen molar-refractivity contribution in [1.82, 2.24) is 15.0 Å². The number of aromatic nitrogens is 3. The zero-order valence-corrected chi connectivity index (χ0v) is 11.8. The highest BCUT2D eigenvalue weighted by Gasteiger charge is 2.22. The molecule has 4 rings (SSSR count). The van der Waals surface area contributed by atoms with Crippen LogP contribution in [0.1, 0.15) is 23.7 Å². The number of nitrogens with one attached hydrogen (secondary N) is 2. The maximum Gasteiger partial charge on any atom is 0.143 e. The fourth-order valence-corrected chi connectivity index (χ4v) is 2.84. The van der Waals surface area contributed by atoms with E-state index in [1.807, 2.05) is 25.1 Å². The molecule has 1 aliphatic rings. The molecule has 1 aliphatic heterocycles. The van der Waals surface area contributed by atoms with Gasteiger partial charge in [-0.15, -0.1) is 0 Å². The number of fused-ring (bicyclic) bond motifs is 2. The van der Waals surface area contributed by atoms with Crippen molar-refractivity contribution in [2.24, 2.45) is 0 Å². The van der Waals surface area contributed by atoms with Crippen molar-refractivity contribution in [2.45, 2.75) is 19.4 Å². The summed E-state index contributed by atoms with van der Waals surface area (Å²) in [6, 6.07) is 10.4. The highest BCUT2D eigenvalue weighted by Crippen LogP contribution is 2.34. The summed E-state index contributed by atoms with van der Waals surface area (Å²) in [6.07, 6.45) is 2.51. The van der Waals surface area contributed by atoms with Gasteiger partial charge in [0, 0.05) is 17.7 Å². The topological polar surface area (TPSA) is 62.8 Å². The molecule has 0 saturated heterocycles. The number of para-hydroxylation sites is 1. The number of aryl methyl sites for hydroxylation is 1. The molecule has 1 aromatic carbocycles. The predicted molar refractivity (Wildman–Crippen MR) is 81.5 cm³/mol. The first-order valence-corrected chi connectivity index (χ1v) is 7.10. The minimum atomic E-state index is 0.211. The zero-order valence-electron chi connectivity index (χ0n) is 11.8. The first-order valence-electron chi connectivity index (χ1n) is 7.10. The smallest absolute Gasteiger partial charge is 0.143 e. The van der Waals surface area contributed by atoms with Gasteiger partial charge in [-0.1, -0.05) is 18.2 Å². The molecular formula is C16H16N4O. The molecule has 0 spiro atoms. The van der Waals surface area contributed by atoms with Crippen LogP contribution in [0, 0.1) is 6.92 Å². The van der Waals surface area contributed by atoms with Crippen molar-refractivity contribution in [3.63, 3.8) is 0 Å². The highest BCUT2D eigenvalue weighted by atomic mass is 16.5. The number of rotatable bonds is 2. The average Bonchev–Trinajstić information content (AvgIpc) is 2.89. The molecule has 0 saturated carbocycles. The number of hydrogen-bond donors (Lipinski definition) is 2. The molecule has 1 atom stereocenters. The van der Waals surface area contributed by atoms with E-state index in [2.05, 4.69) is 32.4 Å². The summed E-state index contributed by atoms with van der Waals surface area (Å²) in [5, 5.41) is 4.57. The Morgan fingerprint density at radius 2 is 2.19 bits per heavy atom. The Bertz CT molecular complexity index is 796. The summed E-state index contributed by atoms with van der Waals surface area (Å²) in [7, 11) is 0. The largest absolute Gasteiger partial charge is 0.493 e. The van der Waals surface area contributed by atoms with Crippen LogP contribution in [-0.2, 0) is 0 Å². The number of ether oxygens (including phenoxy) is 1. The molecule has 106 valence electrons. The van der Waals surface area contributed by atoms with Crippen LogP contribution in [0.15, 0.2) is 36.7 Å². The second-order valence-electron chi connectivity index (χ2n) is 5.31. The molecule has 0 bridgehead atoms. The minimum absolute atomic E-state index is 0.211. The van der Waals surface area contributed by atoms with Gasteiger partial charge in [-0.3, -0.25) is 0 Å². The Morgan fingerprint density at radius 1 is 1.29 bits per heavy atom. The third-order valence-electron chi connectivity index (χ3n) is 3.83. The lowest BCUT2D eigenvalue weighted by Crippen LogP contribution is -2.20. The molecule has 0 fully saturated rings. The van der Waals surface area contributed by atoms with Crippen LogP contribution in [-0.4, -0.2) is 21.6 Å². The predicted octanol–water partition coefficient (Wildman–Crippen LogP) is 3.20. The van der Waals surface area contributed by atoms with E-state index in [0.717, 1.165) is 41.3 Å². The van der Waals surface area contributed by atoms with Gasteiger partial charge in [-0.05, 0) is 19.1 Å². The number of benzene rings is 1. The summed E-state index contributed by atoms with van der Waals surface area (Å²) < 4.78 is 5.70. The fourth-order valence-electron chi connectivity index (χ4n) is 2.84. The molecule has 2 N–H and O–H groups in total. The maximum atomic E-state index is 5.70. The number of anilines is 1. The van der Waals surface area contributed by atoms with Crippen molar-refractivity contribution >= 4 is 16.9 Å². The molecule has 2 aromatic heterocycles. The van der Waals surface area contributed by atoms with E-state index in [9.17, 15) is 0 Å². The standard InChI is InChI=1S/C16H16N4O/c1-10-8-12-15(19-10)17-9-18-16(12)20-13-6-7-21-14-5-3-2-4-11(13)14/h2-5,8-9,13H,6-7H2,1H3,(H2,17,18,19,20)/t13-/m1/s1. The van der Waals surface area contributed by atoms with Gasteiger partial charge in [0.25, 0.3) is 0 Å². The van der Waals surface area contributed by atoms with Crippen molar-refractivity contribution < 1.29 is 4.74 Å². The molecule has 3 aromatic rings. The van der Waals surface area contributed by atoms with Crippen LogP contribution >= 0.6 is 0 Å². The number of nitrogens with zero attached hydrogens (tertiary/aromatic N) is 2. The lowest BCUT2D eigenvalue weighted by atomic mass is 10.0. The van der Waals surface area contributed by atoms with Gasteiger partial charge < -0.3 is 15.0 Å². The second-order valence-corrected chi connectivity index (χ2v) is 5.31. The minimum Gasteiger partial charge on any atom is -0.493 e. The van der Waals surface area contributed by atoms with Crippen LogP contribution in [0.3, 0.4) is 0 Å². The highest BCUT2D eigenvalue weighted by molar-refractivity contribution is 5.87. The first-order chi connectivity index (χ1) is 10.3. The van der Waals surface area contributed by atoms with E-state index >= 15 is 0 Å².